The topological polar surface area (TPSA) is 40.6 Å². The Balaban J connectivity index is 1.44. The molecule has 0 saturated carbocycles. The fourth-order valence-corrected chi connectivity index (χ4v) is 8.30. The second-order valence-corrected chi connectivity index (χ2v) is 17.0. The third-order valence-corrected chi connectivity index (χ3v) is 11.4. The van der Waals surface area contributed by atoms with Gasteiger partial charge < -0.3 is 0 Å². The SMILES string of the molecule is CC(c1cccc(C(C)(C)C)c1)N1C(=O)C2=C(c3cccc4ccccc34)N(C(C)c3cccc(C(C)(C)C)c3)C(=O)C2=C1c1cccc2ccccc12. The maximum absolute atomic E-state index is 15.6. The molecule has 4 nitrogen and oxygen atoms in total. The van der Waals surface area contributed by atoms with Gasteiger partial charge in [-0.3, -0.25) is 19.4 Å². The standard InChI is InChI=1S/C50H48N2O2/c1-31(35-21-13-23-37(29-35)49(3,4)5)51-45(41-27-15-19-33-17-9-11-25-39(33)41)43-44(47(51)53)46(42-28-16-20-34-18-10-12-26-40(34)42)52(48(43)54)32(2)36-22-14-24-38(30-36)50(6,7)8/h9-32H,1-8H3. The summed E-state index contributed by atoms with van der Waals surface area (Å²) < 4.78 is 0. The summed E-state index contributed by atoms with van der Waals surface area (Å²) in [4.78, 5) is 35.0. The van der Waals surface area contributed by atoms with Crippen molar-refractivity contribution in [2.24, 2.45) is 0 Å². The monoisotopic (exact) mass is 708 g/mol. The van der Waals surface area contributed by atoms with E-state index in [0.717, 1.165) is 43.8 Å². The molecule has 2 heterocycles. The number of amides is 2. The molecule has 270 valence electrons. The maximum Gasteiger partial charge on any atom is 0.261 e. The van der Waals surface area contributed by atoms with Crippen molar-refractivity contribution in [1.29, 1.82) is 0 Å². The number of hydrogen-bond donors (Lipinski definition) is 0. The van der Waals surface area contributed by atoms with E-state index in [4.69, 9.17) is 0 Å². The predicted molar refractivity (Wildman–Crippen MR) is 223 cm³/mol. The highest BCUT2D eigenvalue weighted by Crippen LogP contribution is 2.53. The molecule has 0 fully saturated rings. The van der Waals surface area contributed by atoms with Crippen LogP contribution in [0.1, 0.15) is 101 Å². The third-order valence-electron chi connectivity index (χ3n) is 11.4. The third kappa shape index (κ3) is 5.76. The number of carbonyl (C=O) groups is 2. The average molecular weight is 709 g/mol. The van der Waals surface area contributed by atoms with E-state index in [0.29, 0.717) is 22.5 Å². The van der Waals surface area contributed by atoms with Crippen molar-refractivity contribution in [2.45, 2.75) is 78.3 Å². The second kappa shape index (κ2) is 13.0. The number of nitrogens with zero attached hydrogens (tertiary/aromatic N) is 2. The van der Waals surface area contributed by atoms with Gasteiger partial charge in [0.05, 0.1) is 34.6 Å². The summed E-state index contributed by atoms with van der Waals surface area (Å²) in [5, 5.41) is 4.11. The van der Waals surface area contributed by atoms with Crippen LogP contribution in [-0.4, -0.2) is 21.6 Å². The summed E-state index contributed by atoms with van der Waals surface area (Å²) in [5.41, 5.74) is 8.33. The highest BCUT2D eigenvalue weighted by Gasteiger charge is 2.52. The Labute approximate surface area is 319 Å². The van der Waals surface area contributed by atoms with Crippen molar-refractivity contribution in [3.8, 4) is 0 Å². The fourth-order valence-electron chi connectivity index (χ4n) is 8.30. The number of fused-ring (bicyclic) bond motifs is 3. The summed E-state index contributed by atoms with van der Waals surface area (Å²) in [5.74, 6) is -0.313. The molecule has 54 heavy (non-hydrogen) atoms. The molecule has 2 aliphatic heterocycles. The van der Waals surface area contributed by atoms with E-state index in [9.17, 15) is 0 Å². The summed E-state index contributed by atoms with van der Waals surface area (Å²) in [6, 6.07) is 45.3. The Bertz CT molecular complexity index is 2370. The molecule has 0 aromatic heterocycles. The van der Waals surface area contributed by atoms with Gasteiger partial charge in [0.15, 0.2) is 0 Å². The average Bonchev–Trinajstić information content (AvgIpc) is 3.63. The van der Waals surface area contributed by atoms with Gasteiger partial charge >= 0.3 is 0 Å². The van der Waals surface area contributed by atoms with Crippen LogP contribution in [0.4, 0.5) is 0 Å². The van der Waals surface area contributed by atoms with Crippen LogP contribution in [0.25, 0.3) is 32.9 Å². The first-order valence-corrected chi connectivity index (χ1v) is 19.1. The molecule has 2 aliphatic rings. The zero-order valence-electron chi connectivity index (χ0n) is 32.6. The van der Waals surface area contributed by atoms with E-state index in [-0.39, 0.29) is 34.7 Å². The van der Waals surface area contributed by atoms with Crippen molar-refractivity contribution < 1.29 is 9.59 Å². The first-order valence-electron chi connectivity index (χ1n) is 19.1. The number of carbonyl (C=O) groups excluding carboxylic acids is 2. The van der Waals surface area contributed by atoms with Gasteiger partial charge in [-0.25, -0.2) is 0 Å². The van der Waals surface area contributed by atoms with Gasteiger partial charge in [0, 0.05) is 11.1 Å². The Kier molecular flexibility index (Phi) is 8.49. The van der Waals surface area contributed by atoms with Crippen LogP contribution in [0.2, 0.25) is 0 Å². The number of hydrogen-bond acceptors (Lipinski definition) is 2. The van der Waals surface area contributed by atoms with Crippen molar-refractivity contribution >= 4 is 44.8 Å². The van der Waals surface area contributed by atoms with Crippen molar-refractivity contribution in [3.63, 3.8) is 0 Å². The molecule has 8 rings (SSSR count). The van der Waals surface area contributed by atoms with E-state index in [1.165, 1.54) is 11.1 Å². The molecule has 6 aromatic carbocycles. The first-order chi connectivity index (χ1) is 25.8. The molecule has 0 saturated heterocycles. The van der Waals surface area contributed by atoms with E-state index in [1.54, 1.807) is 0 Å². The molecule has 2 amide bonds. The zero-order chi connectivity index (χ0) is 38.1. The minimum atomic E-state index is -0.352. The predicted octanol–water partition coefficient (Wildman–Crippen LogP) is 11.9. The van der Waals surface area contributed by atoms with Gasteiger partial charge in [-0.2, -0.15) is 0 Å². The molecular formula is C50H48N2O2. The molecule has 2 atom stereocenters. The lowest BCUT2D eigenvalue weighted by atomic mass is 9.85. The van der Waals surface area contributed by atoms with Crippen LogP contribution in [0.3, 0.4) is 0 Å². The van der Waals surface area contributed by atoms with E-state index in [1.807, 2.05) is 46.2 Å². The van der Waals surface area contributed by atoms with Crippen LogP contribution >= 0.6 is 0 Å². The highest BCUT2D eigenvalue weighted by molar-refractivity contribution is 6.31. The minimum absolute atomic E-state index is 0.0703. The van der Waals surface area contributed by atoms with Crippen LogP contribution in [0.15, 0.2) is 145 Å². The molecule has 0 radical (unpaired) electrons. The van der Waals surface area contributed by atoms with E-state index in [2.05, 4.69) is 152 Å². The highest BCUT2D eigenvalue weighted by atomic mass is 16.2. The van der Waals surface area contributed by atoms with Crippen LogP contribution < -0.4 is 0 Å². The fraction of sp³-hybridized carbons (Fsp3) is 0.240. The molecule has 0 bridgehead atoms. The molecule has 0 aliphatic carbocycles. The van der Waals surface area contributed by atoms with Gasteiger partial charge in [0.25, 0.3) is 11.8 Å². The van der Waals surface area contributed by atoms with Crippen LogP contribution in [0, 0.1) is 0 Å². The van der Waals surface area contributed by atoms with Crippen LogP contribution in [0.5, 0.6) is 0 Å². The Hall–Kier alpha value is -5.74. The first kappa shape index (κ1) is 35.3. The van der Waals surface area contributed by atoms with Crippen molar-refractivity contribution in [1.82, 2.24) is 9.80 Å². The summed E-state index contributed by atoms with van der Waals surface area (Å²) in [6.07, 6.45) is 0. The maximum atomic E-state index is 15.6. The normalized spacial score (nSPS) is 16.2. The van der Waals surface area contributed by atoms with E-state index >= 15 is 9.59 Å². The molecule has 0 spiro atoms. The van der Waals surface area contributed by atoms with Crippen molar-refractivity contribution in [3.05, 3.63) is 178 Å². The molecule has 6 aromatic rings. The molecular weight excluding hydrogens is 661 g/mol. The van der Waals surface area contributed by atoms with Gasteiger partial charge in [0.2, 0.25) is 0 Å². The van der Waals surface area contributed by atoms with Gasteiger partial charge in [0.1, 0.15) is 0 Å². The minimum Gasteiger partial charge on any atom is -0.300 e. The van der Waals surface area contributed by atoms with Gasteiger partial charge in [-0.1, -0.05) is 175 Å². The Morgan fingerprint density at radius 3 is 1.19 bits per heavy atom. The lowest BCUT2D eigenvalue weighted by Crippen LogP contribution is -2.33. The lowest BCUT2D eigenvalue weighted by Gasteiger charge is -2.33. The van der Waals surface area contributed by atoms with Crippen LogP contribution in [-0.2, 0) is 20.4 Å². The smallest absolute Gasteiger partial charge is 0.261 e. The second-order valence-electron chi connectivity index (χ2n) is 17.0. The largest absolute Gasteiger partial charge is 0.300 e. The van der Waals surface area contributed by atoms with Gasteiger partial charge in [-0.05, 0) is 68.5 Å². The summed E-state index contributed by atoms with van der Waals surface area (Å²) in [6.45, 7) is 17.4. The number of benzene rings is 6. The quantitative estimate of drug-likeness (QED) is 0.173. The molecule has 2 unspecified atom stereocenters. The summed E-state index contributed by atoms with van der Waals surface area (Å²) >= 11 is 0. The number of rotatable bonds is 6. The molecule has 0 N–H and O–H groups in total. The zero-order valence-corrected chi connectivity index (χ0v) is 32.6. The Morgan fingerprint density at radius 2 is 0.796 bits per heavy atom. The molecule has 4 heteroatoms. The van der Waals surface area contributed by atoms with E-state index < -0.39 is 0 Å². The Morgan fingerprint density at radius 1 is 0.444 bits per heavy atom. The lowest BCUT2D eigenvalue weighted by molar-refractivity contribution is -0.125. The van der Waals surface area contributed by atoms with Gasteiger partial charge in [-0.15, -0.1) is 0 Å². The summed E-state index contributed by atoms with van der Waals surface area (Å²) in [7, 11) is 0. The van der Waals surface area contributed by atoms with Crippen molar-refractivity contribution in [2.75, 3.05) is 0 Å².